The Kier molecular flexibility index (Phi) is 3.90. The van der Waals surface area contributed by atoms with Crippen LogP contribution in [-0.2, 0) is 6.54 Å². The van der Waals surface area contributed by atoms with E-state index in [2.05, 4.69) is 5.32 Å². The minimum atomic E-state index is -0.283. The quantitative estimate of drug-likeness (QED) is 0.829. The van der Waals surface area contributed by atoms with Gasteiger partial charge in [0.05, 0.1) is 18.5 Å². The molecular formula is C15H17FN2O. The highest BCUT2D eigenvalue weighted by molar-refractivity contribution is 5.67. The van der Waals surface area contributed by atoms with Crippen LogP contribution in [0.2, 0.25) is 0 Å². The van der Waals surface area contributed by atoms with Crippen molar-refractivity contribution < 1.29 is 9.13 Å². The van der Waals surface area contributed by atoms with Crippen molar-refractivity contribution in [3.63, 3.8) is 0 Å². The fourth-order valence-electron chi connectivity index (χ4n) is 1.90. The summed E-state index contributed by atoms with van der Waals surface area (Å²) in [5.41, 5.74) is 9.26. The molecule has 0 amide bonds. The maximum atomic E-state index is 13.2. The number of nitrogens with one attached hydrogen (secondary N) is 1. The van der Waals surface area contributed by atoms with Gasteiger partial charge in [0, 0.05) is 12.1 Å². The topological polar surface area (TPSA) is 47.3 Å². The van der Waals surface area contributed by atoms with Gasteiger partial charge in [-0.2, -0.15) is 0 Å². The number of anilines is 2. The van der Waals surface area contributed by atoms with Crippen LogP contribution < -0.4 is 15.8 Å². The molecule has 0 atom stereocenters. The standard InChI is InChI=1S/C15H17FN2O/c1-10-3-5-13(17)14(7-10)18-9-11-8-12(16)4-6-15(11)19-2/h3-8,18H,9,17H2,1-2H3. The van der Waals surface area contributed by atoms with Crippen LogP contribution in [0.3, 0.4) is 0 Å². The maximum Gasteiger partial charge on any atom is 0.124 e. The van der Waals surface area contributed by atoms with Crippen molar-refractivity contribution in [1.29, 1.82) is 0 Å². The van der Waals surface area contributed by atoms with Crippen LogP contribution in [0, 0.1) is 12.7 Å². The third-order valence-corrected chi connectivity index (χ3v) is 2.92. The van der Waals surface area contributed by atoms with Gasteiger partial charge in [-0.25, -0.2) is 4.39 Å². The lowest BCUT2D eigenvalue weighted by atomic mass is 10.1. The van der Waals surface area contributed by atoms with E-state index in [9.17, 15) is 4.39 Å². The Hall–Kier alpha value is -2.23. The molecule has 0 fully saturated rings. The minimum Gasteiger partial charge on any atom is -0.496 e. The summed E-state index contributed by atoms with van der Waals surface area (Å²) < 4.78 is 18.4. The zero-order valence-corrected chi connectivity index (χ0v) is 11.0. The average Bonchev–Trinajstić information content (AvgIpc) is 2.40. The molecule has 0 bridgehead atoms. The smallest absolute Gasteiger partial charge is 0.124 e. The van der Waals surface area contributed by atoms with Crippen molar-refractivity contribution >= 4 is 11.4 Å². The van der Waals surface area contributed by atoms with E-state index in [0.717, 1.165) is 16.8 Å². The Morgan fingerprint density at radius 1 is 1.21 bits per heavy atom. The van der Waals surface area contributed by atoms with Gasteiger partial charge in [0.15, 0.2) is 0 Å². The summed E-state index contributed by atoms with van der Waals surface area (Å²) in [5.74, 6) is 0.370. The van der Waals surface area contributed by atoms with Crippen LogP contribution in [0.15, 0.2) is 36.4 Å². The third kappa shape index (κ3) is 3.16. The zero-order valence-electron chi connectivity index (χ0n) is 11.0. The number of ether oxygens (including phenoxy) is 1. The summed E-state index contributed by atoms with van der Waals surface area (Å²) in [7, 11) is 1.57. The fourth-order valence-corrected chi connectivity index (χ4v) is 1.90. The molecular weight excluding hydrogens is 243 g/mol. The van der Waals surface area contributed by atoms with E-state index >= 15 is 0 Å². The van der Waals surface area contributed by atoms with E-state index in [1.54, 1.807) is 13.2 Å². The molecule has 4 heteroatoms. The lowest BCUT2D eigenvalue weighted by molar-refractivity contribution is 0.409. The highest BCUT2D eigenvalue weighted by Gasteiger charge is 2.06. The van der Waals surface area contributed by atoms with Crippen molar-refractivity contribution in [2.75, 3.05) is 18.2 Å². The fraction of sp³-hybridized carbons (Fsp3) is 0.200. The molecule has 0 radical (unpaired) electrons. The Labute approximate surface area is 112 Å². The Morgan fingerprint density at radius 3 is 2.74 bits per heavy atom. The summed E-state index contributed by atoms with van der Waals surface area (Å²) in [4.78, 5) is 0. The summed E-state index contributed by atoms with van der Waals surface area (Å²) in [6.45, 7) is 2.45. The molecule has 19 heavy (non-hydrogen) atoms. The molecule has 0 saturated heterocycles. The molecule has 0 aromatic heterocycles. The predicted molar refractivity (Wildman–Crippen MR) is 75.9 cm³/mol. The minimum absolute atomic E-state index is 0.283. The molecule has 100 valence electrons. The van der Waals surface area contributed by atoms with E-state index in [1.807, 2.05) is 25.1 Å². The van der Waals surface area contributed by atoms with Crippen LogP contribution >= 0.6 is 0 Å². The molecule has 0 aliphatic carbocycles. The van der Waals surface area contributed by atoms with Gasteiger partial charge in [-0.05, 0) is 42.8 Å². The SMILES string of the molecule is COc1ccc(F)cc1CNc1cc(C)ccc1N. The lowest BCUT2D eigenvalue weighted by Crippen LogP contribution is -2.04. The third-order valence-electron chi connectivity index (χ3n) is 2.92. The summed E-state index contributed by atoms with van der Waals surface area (Å²) in [6, 6.07) is 10.2. The first-order valence-electron chi connectivity index (χ1n) is 6.02. The van der Waals surface area contributed by atoms with Crippen molar-refractivity contribution in [3.05, 3.63) is 53.3 Å². The molecule has 3 nitrogen and oxygen atoms in total. The Morgan fingerprint density at radius 2 is 2.00 bits per heavy atom. The number of hydrogen-bond acceptors (Lipinski definition) is 3. The van der Waals surface area contributed by atoms with Gasteiger partial charge < -0.3 is 15.8 Å². The normalized spacial score (nSPS) is 10.3. The largest absolute Gasteiger partial charge is 0.496 e. The second-order valence-corrected chi connectivity index (χ2v) is 4.40. The molecule has 2 rings (SSSR count). The summed E-state index contributed by atoms with van der Waals surface area (Å²) in [6.07, 6.45) is 0. The molecule has 2 aromatic carbocycles. The van der Waals surface area contributed by atoms with Gasteiger partial charge in [-0.1, -0.05) is 6.07 Å². The second kappa shape index (κ2) is 5.61. The van der Waals surface area contributed by atoms with Crippen molar-refractivity contribution in [1.82, 2.24) is 0 Å². The maximum absolute atomic E-state index is 13.2. The molecule has 3 N–H and O–H groups in total. The number of aryl methyl sites for hydroxylation is 1. The zero-order chi connectivity index (χ0) is 13.8. The van der Waals surface area contributed by atoms with Crippen LogP contribution in [0.1, 0.15) is 11.1 Å². The number of halogens is 1. The molecule has 0 unspecified atom stereocenters. The van der Waals surface area contributed by atoms with E-state index in [4.69, 9.17) is 10.5 Å². The molecule has 0 spiro atoms. The van der Waals surface area contributed by atoms with Gasteiger partial charge in [0.1, 0.15) is 11.6 Å². The van der Waals surface area contributed by atoms with E-state index in [-0.39, 0.29) is 5.82 Å². The number of hydrogen-bond donors (Lipinski definition) is 2. The van der Waals surface area contributed by atoms with Gasteiger partial charge >= 0.3 is 0 Å². The van der Waals surface area contributed by atoms with Crippen LogP contribution in [0.4, 0.5) is 15.8 Å². The van der Waals surface area contributed by atoms with Crippen LogP contribution in [0.5, 0.6) is 5.75 Å². The Balaban J connectivity index is 2.18. The first kappa shape index (κ1) is 13.2. The number of nitrogens with two attached hydrogens (primary N) is 1. The predicted octanol–water partition coefficient (Wildman–Crippen LogP) is 3.34. The van der Waals surface area contributed by atoms with Crippen molar-refractivity contribution in [2.45, 2.75) is 13.5 Å². The molecule has 2 aromatic rings. The van der Waals surface area contributed by atoms with Crippen molar-refractivity contribution in [3.8, 4) is 5.75 Å². The Bertz CT molecular complexity index is 584. The van der Waals surface area contributed by atoms with Crippen molar-refractivity contribution in [2.24, 2.45) is 0 Å². The number of benzene rings is 2. The van der Waals surface area contributed by atoms with Gasteiger partial charge in [0.2, 0.25) is 0 Å². The van der Waals surface area contributed by atoms with E-state index < -0.39 is 0 Å². The van der Waals surface area contributed by atoms with Gasteiger partial charge in [0.25, 0.3) is 0 Å². The highest BCUT2D eigenvalue weighted by Crippen LogP contribution is 2.24. The first-order valence-corrected chi connectivity index (χ1v) is 6.02. The monoisotopic (exact) mass is 260 g/mol. The summed E-state index contributed by atoms with van der Waals surface area (Å²) >= 11 is 0. The second-order valence-electron chi connectivity index (χ2n) is 4.40. The van der Waals surface area contributed by atoms with E-state index in [0.29, 0.717) is 18.0 Å². The van der Waals surface area contributed by atoms with Gasteiger partial charge in [-0.3, -0.25) is 0 Å². The lowest BCUT2D eigenvalue weighted by Gasteiger charge is -2.13. The molecule has 0 aliphatic heterocycles. The highest BCUT2D eigenvalue weighted by atomic mass is 19.1. The molecule has 0 aliphatic rings. The molecule has 0 heterocycles. The number of methoxy groups -OCH3 is 1. The first-order chi connectivity index (χ1) is 9.10. The summed E-state index contributed by atoms with van der Waals surface area (Å²) in [5, 5.41) is 3.20. The van der Waals surface area contributed by atoms with Crippen LogP contribution in [-0.4, -0.2) is 7.11 Å². The molecule has 0 saturated carbocycles. The number of rotatable bonds is 4. The average molecular weight is 260 g/mol. The van der Waals surface area contributed by atoms with E-state index in [1.165, 1.54) is 12.1 Å². The van der Waals surface area contributed by atoms with Gasteiger partial charge in [-0.15, -0.1) is 0 Å². The van der Waals surface area contributed by atoms with Crippen LogP contribution in [0.25, 0.3) is 0 Å². The number of nitrogen functional groups attached to an aromatic ring is 1.